The van der Waals surface area contributed by atoms with Crippen LogP contribution in [0.3, 0.4) is 0 Å². The number of alkyl halides is 3. The molecule has 1 atom stereocenters. The van der Waals surface area contributed by atoms with Gasteiger partial charge in [0, 0.05) is 30.8 Å². The van der Waals surface area contributed by atoms with E-state index in [1.807, 2.05) is 40.6 Å². The second kappa shape index (κ2) is 9.79. The van der Waals surface area contributed by atoms with E-state index < -0.39 is 11.7 Å². The van der Waals surface area contributed by atoms with Crippen LogP contribution in [-0.2, 0) is 28.7 Å². The van der Waals surface area contributed by atoms with E-state index >= 15 is 0 Å². The molecule has 4 rings (SSSR count). The lowest BCUT2D eigenvalue weighted by atomic mass is 9.91. The Hall–Kier alpha value is -3.13. The van der Waals surface area contributed by atoms with Gasteiger partial charge in [-0.3, -0.25) is 9.59 Å². The Morgan fingerprint density at radius 1 is 1.03 bits per heavy atom. The summed E-state index contributed by atoms with van der Waals surface area (Å²) in [5, 5.41) is 4.60. The van der Waals surface area contributed by atoms with E-state index in [1.165, 1.54) is 17.7 Å². The van der Waals surface area contributed by atoms with E-state index in [2.05, 4.69) is 11.4 Å². The summed E-state index contributed by atoms with van der Waals surface area (Å²) in [6.07, 6.45) is -3.66. The van der Waals surface area contributed by atoms with E-state index in [4.69, 9.17) is 0 Å². The molecule has 1 aromatic heterocycles. The number of carbonyl (C=O) groups excluding carboxylic acids is 2. The fraction of sp³-hybridized carbons (Fsp3) is 0.280. The third kappa shape index (κ3) is 5.45. The smallest absolute Gasteiger partial charge is 0.352 e. The second-order valence-corrected chi connectivity index (χ2v) is 8.91. The first kappa shape index (κ1) is 23.0. The number of thiophene rings is 1. The first-order valence-corrected chi connectivity index (χ1v) is 11.5. The predicted octanol–water partition coefficient (Wildman–Crippen LogP) is 5.34. The van der Waals surface area contributed by atoms with E-state index in [9.17, 15) is 22.8 Å². The predicted molar refractivity (Wildman–Crippen MR) is 121 cm³/mol. The third-order valence-corrected chi connectivity index (χ3v) is 6.65. The molecule has 2 amide bonds. The summed E-state index contributed by atoms with van der Waals surface area (Å²) >= 11 is 1.59. The number of carbonyl (C=O) groups is 2. The van der Waals surface area contributed by atoms with Crippen LogP contribution in [0.1, 0.15) is 46.0 Å². The number of benzene rings is 2. The molecule has 2 aromatic carbocycles. The van der Waals surface area contributed by atoms with Crippen LogP contribution in [0.2, 0.25) is 0 Å². The van der Waals surface area contributed by atoms with Gasteiger partial charge in [-0.05, 0) is 46.7 Å². The molecular weight excluding hydrogens is 449 g/mol. The highest BCUT2D eigenvalue weighted by atomic mass is 32.1. The van der Waals surface area contributed by atoms with Crippen molar-refractivity contribution in [3.05, 3.63) is 93.2 Å². The van der Waals surface area contributed by atoms with Gasteiger partial charge in [-0.1, -0.05) is 42.5 Å². The molecule has 1 aliphatic heterocycles. The van der Waals surface area contributed by atoms with Crippen LogP contribution in [0.15, 0.2) is 66.0 Å². The number of nitrogens with zero attached hydrogens (tertiary/aromatic N) is 1. The number of nitrogens with one attached hydrogen (secondary N) is 1. The van der Waals surface area contributed by atoms with Crippen molar-refractivity contribution < 1.29 is 22.8 Å². The standard InChI is InChI=1S/C25H23F3N2O2S/c26-25(27,28)19-7-3-5-17(15-19)16-29-22(31)10-11-23(32)30-13-12-18-6-1-2-8-20(18)24(30)21-9-4-14-33-21/h1-9,14-15,24H,10-13,16H2,(H,29,31). The van der Waals surface area contributed by atoms with Crippen molar-refractivity contribution in [2.45, 2.75) is 38.0 Å². The summed E-state index contributed by atoms with van der Waals surface area (Å²) < 4.78 is 38.6. The maximum Gasteiger partial charge on any atom is 0.416 e. The Morgan fingerprint density at radius 3 is 2.61 bits per heavy atom. The zero-order chi connectivity index (χ0) is 23.4. The SMILES string of the molecule is O=C(CCC(=O)N1CCc2ccccc2C1c1cccs1)NCc1cccc(C(F)(F)F)c1. The van der Waals surface area contributed by atoms with Crippen molar-refractivity contribution in [2.75, 3.05) is 6.54 Å². The van der Waals surface area contributed by atoms with Crippen LogP contribution in [0.5, 0.6) is 0 Å². The van der Waals surface area contributed by atoms with E-state index in [-0.39, 0.29) is 37.2 Å². The van der Waals surface area contributed by atoms with Crippen molar-refractivity contribution in [2.24, 2.45) is 0 Å². The Balaban J connectivity index is 1.37. The monoisotopic (exact) mass is 472 g/mol. The molecule has 1 N–H and O–H groups in total. The van der Waals surface area contributed by atoms with Crippen molar-refractivity contribution in [1.82, 2.24) is 10.2 Å². The maximum atomic E-state index is 13.1. The molecule has 0 fully saturated rings. The summed E-state index contributed by atoms with van der Waals surface area (Å²) in [7, 11) is 0. The summed E-state index contributed by atoms with van der Waals surface area (Å²) in [6, 6.07) is 16.7. The Bertz CT molecular complexity index is 1130. The van der Waals surface area contributed by atoms with Crippen molar-refractivity contribution in [3.8, 4) is 0 Å². The lowest BCUT2D eigenvalue weighted by Crippen LogP contribution is -2.40. The average Bonchev–Trinajstić information content (AvgIpc) is 3.34. The first-order valence-electron chi connectivity index (χ1n) is 10.7. The summed E-state index contributed by atoms with van der Waals surface area (Å²) in [5.41, 5.74) is 1.93. The van der Waals surface area contributed by atoms with Crippen molar-refractivity contribution in [3.63, 3.8) is 0 Å². The second-order valence-electron chi connectivity index (χ2n) is 7.93. The largest absolute Gasteiger partial charge is 0.416 e. The van der Waals surface area contributed by atoms with Gasteiger partial charge in [0.2, 0.25) is 11.8 Å². The summed E-state index contributed by atoms with van der Waals surface area (Å²) in [6.45, 7) is 0.552. The normalized spacial score (nSPS) is 15.7. The lowest BCUT2D eigenvalue weighted by molar-refractivity contribution is -0.137. The number of fused-ring (bicyclic) bond motifs is 1. The maximum absolute atomic E-state index is 13.1. The van der Waals surface area contributed by atoms with Gasteiger partial charge in [-0.2, -0.15) is 13.2 Å². The average molecular weight is 473 g/mol. The van der Waals surface area contributed by atoms with Crippen LogP contribution in [0.4, 0.5) is 13.2 Å². The molecule has 0 bridgehead atoms. The highest BCUT2D eigenvalue weighted by Gasteiger charge is 2.32. The molecule has 0 saturated carbocycles. The van der Waals surface area contributed by atoms with Gasteiger partial charge in [-0.25, -0.2) is 0 Å². The minimum Gasteiger partial charge on any atom is -0.352 e. The molecule has 0 aliphatic carbocycles. The van der Waals surface area contributed by atoms with Gasteiger partial charge in [0.05, 0.1) is 11.6 Å². The van der Waals surface area contributed by atoms with Crippen LogP contribution in [0.25, 0.3) is 0 Å². The van der Waals surface area contributed by atoms with Gasteiger partial charge in [0.25, 0.3) is 0 Å². The topological polar surface area (TPSA) is 49.4 Å². The molecule has 4 nitrogen and oxygen atoms in total. The molecule has 1 unspecified atom stereocenters. The molecule has 0 radical (unpaired) electrons. The number of hydrogen-bond acceptors (Lipinski definition) is 3. The van der Waals surface area contributed by atoms with Crippen LogP contribution in [-0.4, -0.2) is 23.3 Å². The van der Waals surface area contributed by atoms with E-state index in [0.717, 1.165) is 29.0 Å². The van der Waals surface area contributed by atoms with Crippen LogP contribution >= 0.6 is 11.3 Å². The minimum atomic E-state index is -4.43. The van der Waals surface area contributed by atoms with Gasteiger partial charge in [-0.15, -0.1) is 11.3 Å². The fourth-order valence-electron chi connectivity index (χ4n) is 4.10. The Labute approximate surface area is 194 Å². The Kier molecular flexibility index (Phi) is 6.83. The number of halogens is 3. The Morgan fingerprint density at radius 2 is 1.85 bits per heavy atom. The van der Waals surface area contributed by atoms with Crippen molar-refractivity contribution >= 4 is 23.2 Å². The van der Waals surface area contributed by atoms with Crippen LogP contribution < -0.4 is 5.32 Å². The molecule has 2 heterocycles. The molecule has 0 saturated heterocycles. The highest BCUT2D eigenvalue weighted by molar-refractivity contribution is 7.10. The third-order valence-electron chi connectivity index (χ3n) is 5.73. The molecule has 33 heavy (non-hydrogen) atoms. The molecule has 8 heteroatoms. The number of amides is 2. The minimum absolute atomic E-state index is 0.0207. The van der Waals surface area contributed by atoms with E-state index in [0.29, 0.717) is 12.1 Å². The van der Waals surface area contributed by atoms with Crippen molar-refractivity contribution in [1.29, 1.82) is 0 Å². The summed E-state index contributed by atoms with van der Waals surface area (Å²) in [5.74, 6) is -0.483. The fourth-order valence-corrected chi connectivity index (χ4v) is 4.95. The lowest BCUT2D eigenvalue weighted by Gasteiger charge is -2.37. The molecular formula is C25H23F3N2O2S. The molecule has 0 spiro atoms. The molecule has 172 valence electrons. The number of hydrogen-bond donors (Lipinski definition) is 1. The van der Waals surface area contributed by atoms with Crippen LogP contribution in [0, 0.1) is 0 Å². The summed E-state index contributed by atoms with van der Waals surface area (Å²) in [4.78, 5) is 28.3. The van der Waals surface area contributed by atoms with Gasteiger partial charge < -0.3 is 10.2 Å². The first-order chi connectivity index (χ1) is 15.8. The van der Waals surface area contributed by atoms with Gasteiger partial charge >= 0.3 is 6.18 Å². The molecule has 1 aliphatic rings. The zero-order valence-corrected chi connectivity index (χ0v) is 18.6. The zero-order valence-electron chi connectivity index (χ0n) is 17.8. The van der Waals surface area contributed by atoms with E-state index in [1.54, 1.807) is 11.3 Å². The molecule has 3 aromatic rings. The quantitative estimate of drug-likeness (QED) is 0.527. The number of rotatable bonds is 6. The van der Waals surface area contributed by atoms with Gasteiger partial charge in [0.1, 0.15) is 0 Å². The highest BCUT2D eigenvalue weighted by Crippen LogP contribution is 2.37. The van der Waals surface area contributed by atoms with Gasteiger partial charge in [0.15, 0.2) is 0 Å².